The van der Waals surface area contributed by atoms with Gasteiger partial charge in [0.25, 0.3) is 5.56 Å². The van der Waals surface area contributed by atoms with Crippen molar-refractivity contribution < 1.29 is 5.11 Å². The van der Waals surface area contributed by atoms with E-state index < -0.39 is 5.69 Å². The molecule has 0 bridgehead atoms. The van der Waals surface area contributed by atoms with E-state index in [1.165, 1.54) is 9.13 Å². The van der Waals surface area contributed by atoms with E-state index in [2.05, 4.69) is 4.98 Å². The van der Waals surface area contributed by atoms with Gasteiger partial charge in [-0.05, 0) is 25.8 Å². The molecule has 0 saturated heterocycles. The molecule has 0 saturated carbocycles. The molecule has 8 nitrogen and oxygen atoms in total. The van der Waals surface area contributed by atoms with Gasteiger partial charge >= 0.3 is 5.69 Å². The van der Waals surface area contributed by atoms with E-state index in [4.69, 9.17) is 0 Å². The third kappa shape index (κ3) is 3.09. The number of aliphatic hydroxyl groups is 1. The van der Waals surface area contributed by atoms with Crippen molar-refractivity contribution in [2.75, 3.05) is 6.61 Å². The average Bonchev–Trinajstić information content (AvgIpc) is 3.24. The molecule has 4 aromatic rings. The molecule has 0 radical (unpaired) electrons. The number of benzene rings is 1. The van der Waals surface area contributed by atoms with Crippen molar-refractivity contribution in [1.82, 2.24) is 23.1 Å². The molecule has 0 atom stereocenters. The molecular formula is C22H25N5O3. The summed E-state index contributed by atoms with van der Waals surface area (Å²) in [4.78, 5) is 30.8. The highest BCUT2D eigenvalue weighted by atomic mass is 16.3. The lowest BCUT2D eigenvalue weighted by molar-refractivity contribution is 0.280. The smallest absolute Gasteiger partial charge is 0.332 e. The number of imidazole rings is 2. The van der Waals surface area contributed by atoms with E-state index in [1.807, 2.05) is 65.3 Å². The molecule has 0 aliphatic rings. The van der Waals surface area contributed by atoms with Crippen LogP contribution in [0.2, 0.25) is 0 Å². The summed E-state index contributed by atoms with van der Waals surface area (Å²) in [5.74, 6) is 0.609. The summed E-state index contributed by atoms with van der Waals surface area (Å²) in [6.07, 6.45) is 4.29. The average molecular weight is 407 g/mol. The van der Waals surface area contributed by atoms with Crippen LogP contribution in [0.3, 0.4) is 0 Å². The lowest BCUT2D eigenvalue weighted by atomic mass is 10.2. The zero-order valence-electron chi connectivity index (χ0n) is 17.4. The van der Waals surface area contributed by atoms with Crippen LogP contribution < -0.4 is 11.2 Å². The van der Waals surface area contributed by atoms with Crippen molar-refractivity contribution in [2.24, 2.45) is 7.05 Å². The number of rotatable bonds is 6. The van der Waals surface area contributed by atoms with Crippen molar-refractivity contribution in [1.29, 1.82) is 0 Å². The van der Waals surface area contributed by atoms with Gasteiger partial charge in [0.05, 0.1) is 0 Å². The number of hydrogen-bond donors (Lipinski definition) is 1. The number of aryl methyl sites for hydroxylation is 3. The van der Waals surface area contributed by atoms with Gasteiger partial charge in [0.1, 0.15) is 0 Å². The summed E-state index contributed by atoms with van der Waals surface area (Å²) >= 11 is 0. The van der Waals surface area contributed by atoms with Crippen molar-refractivity contribution in [3.63, 3.8) is 0 Å². The summed E-state index contributed by atoms with van der Waals surface area (Å²) < 4.78 is 6.46. The number of fused-ring (bicyclic) bond motifs is 3. The normalized spacial score (nSPS) is 12.0. The van der Waals surface area contributed by atoms with Gasteiger partial charge in [0.15, 0.2) is 11.2 Å². The second kappa shape index (κ2) is 7.79. The third-order valence-corrected chi connectivity index (χ3v) is 5.57. The van der Waals surface area contributed by atoms with Crippen molar-refractivity contribution >= 4 is 23.0 Å². The molecule has 1 aromatic carbocycles. The molecule has 1 N–H and O–H groups in total. The lowest BCUT2D eigenvalue weighted by Crippen LogP contribution is -2.39. The highest BCUT2D eigenvalue weighted by Crippen LogP contribution is 2.20. The number of hydrogen-bond acceptors (Lipinski definition) is 4. The zero-order chi connectivity index (χ0) is 21.4. The Labute approximate surface area is 172 Å². The minimum Gasteiger partial charge on any atom is -0.396 e. The van der Waals surface area contributed by atoms with Crippen molar-refractivity contribution in [2.45, 2.75) is 33.4 Å². The minimum atomic E-state index is -0.401. The lowest BCUT2D eigenvalue weighted by Gasteiger charge is -2.07. The SMILES string of the molecule is Cc1c(C)n2c3c(=O)n(C/C=C\c4ccccc4)c(=O)n(C)c3nc2n1CCCO. The molecule has 30 heavy (non-hydrogen) atoms. The molecule has 156 valence electrons. The Kier molecular flexibility index (Phi) is 5.17. The summed E-state index contributed by atoms with van der Waals surface area (Å²) in [5, 5.41) is 9.22. The molecule has 0 fully saturated rings. The highest BCUT2D eigenvalue weighted by Gasteiger charge is 2.22. The van der Waals surface area contributed by atoms with Gasteiger partial charge < -0.3 is 9.67 Å². The van der Waals surface area contributed by atoms with Crippen molar-refractivity contribution in [3.05, 3.63) is 74.2 Å². The number of nitrogens with zero attached hydrogens (tertiary/aromatic N) is 5. The van der Waals surface area contributed by atoms with Crippen LogP contribution in [-0.2, 0) is 20.1 Å². The Hall–Kier alpha value is -3.39. The fourth-order valence-electron chi connectivity index (χ4n) is 3.83. The van der Waals surface area contributed by atoms with Crippen molar-refractivity contribution in [3.8, 4) is 0 Å². The predicted molar refractivity (Wildman–Crippen MR) is 117 cm³/mol. The molecule has 3 heterocycles. The van der Waals surface area contributed by atoms with E-state index in [9.17, 15) is 14.7 Å². The van der Waals surface area contributed by atoms with Gasteiger partial charge in [-0.3, -0.25) is 18.3 Å². The van der Waals surface area contributed by atoms with E-state index in [0.29, 0.717) is 29.9 Å². The Morgan fingerprint density at radius 3 is 2.50 bits per heavy atom. The zero-order valence-corrected chi connectivity index (χ0v) is 17.4. The van der Waals surface area contributed by atoms with Crippen LogP contribution >= 0.6 is 0 Å². The first-order chi connectivity index (χ1) is 14.5. The Morgan fingerprint density at radius 2 is 1.80 bits per heavy atom. The monoisotopic (exact) mass is 407 g/mol. The van der Waals surface area contributed by atoms with Gasteiger partial charge in [0, 0.05) is 38.1 Å². The highest BCUT2D eigenvalue weighted by molar-refractivity contribution is 5.76. The predicted octanol–water partition coefficient (Wildman–Crippen LogP) is 1.86. The minimum absolute atomic E-state index is 0.0715. The molecule has 0 aliphatic heterocycles. The van der Waals surface area contributed by atoms with E-state index >= 15 is 0 Å². The molecule has 3 aromatic heterocycles. The first-order valence-electron chi connectivity index (χ1n) is 9.95. The van der Waals surface area contributed by atoms with E-state index in [0.717, 1.165) is 17.0 Å². The molecule has 0 amide bonds. The second-order valence-corrected chi connectivity index (χ2v) is 7.39. The molecule has 8 heteroatoms. The molecule has 4 rings (SSSR count). The van der Waals surface area contributed by atoms with Crippen LogP contribution in [0.15, 0.2) is 46.0 Å². The topological polar surface area (TPSA) is 86.5 Å². The summed E-state index contributed by atoms with van der Waals surface area (Å²) in [7, 11) is 1.63. The van der Waals surface area contributed by atoms with E-state index in [1.54, 1.807) is 7.05 Å². The molecule has 0 unspecified atom stereocenters. The van der Waals surface area contributed by atoms with Gasteiger partial charge in [0.2, 0.25) is 5.78 Å². The largest absolute Gasteiger partial charge is 0.396 e. The number of aromatic nitrogens is 5. The number of aliphatic hydroxyl groups excluding tert-OH is 1. The second-order valence-electron chi connectivity index (χ2n) is 7.39. The van der Waals surface area contributed by atoms with Crippen LogP contribution in [0.1, 0.15) is 23.4 Å². The van der Waals surface area contributed by atoms with E-state index in [-0.39, 0.29) is 18.7 Å². The maximum atomic E-state index is 13.3. The fourth-order valence-corrected chi connectivity index (χ4v) is 3.83. The van der Waals surface area contributed by atoms with Crippen LogP contribution in [0.5, 0.6) is 0 Å². The summed E-state index contributed by atoms with van der Waals surface area (Å²) in [6, 6.07) is 9.73. The fraction of sp³-hybridized carbons (Fsp3) is 0.318. The van der Waals surface area contributed by atoms with Crippen LogP contribution in [0, 0.1) is 13.8 Å². The molecular weight excluding hydrogens is 382 g/mol. The van der Waals surface area contributed by atoms with Gasteiger partial charge in [-0.15, -0.1) is 0 Å². The van der Waals surface area contributed by atoms with Crippen LogP contribution in [-0.4, -0.2) is 34.8 Å². The standard InChI is InChI=1S/C22H25N5O3/c1-15-16(2)27-18-19(23-21(27)25(15)13-8-14-28)24(3)22(30)26(20(18)29)12-7-11-17-9-5-4-6-10-17/h4-7,9-11,28H,8,12-14H2,1-3H3/b11-7-. The third-order valence-electron chi connectivity index (χ3n) is 5.57. The first-order valence-corrected chi connectivity index (χ1v) is 9.95. The Bertz CT molecular complexity index is 1370. The maximum Gasteiger partial charge on any atom is 0.332 e. The Morgan fingerprint density at radius 1 is 1.07 bits per heavy atom. The summed E-state index contributed by atoms with van der Waals surface area (Å²) in [6.45, 7) is 4.74. The quantitative estimate of drug-likeness (QED) is 0.529. The maximum absolute atomic E-state index is 13.3. The Balaban J connectivity index is 1.89. The van der Waals surface area contributed by atoms with Crippen LogP contribution in [0.4, 0.5) is 0 Å². The summed E-state index contributed by atoms with van der Waals surface area (Å²) in [5.41, 5.74) is 2.88. The van der Waals surface area contributed by atoms with Gasteiger partial charge in [-0.25, -0.2) is 4.79 Å². The number of allylic oxidation sites excluding steroid dienone is 1. The van der Waals surface area contributed by atoms with Gasteiger partial charge in [-0.2, -0.15) is 4.98 Å². The first kappa shape index (κ1) is 19.9. The van der Waals surface area contributed by atoms with Crippen LogP contribution in [0.25, 0.3) is 23.0 Å². The molecule has 0 spiro atoms. The molecule has 0 aliphatic carbocycles. The van der Waals surface area contributed by atoms with Gasteiger partial charge in [-0.1, -0.05) is 42.5 Å².